The average Bonchev–Trinajstić information content (AvgIpc) is 2.42. The predicted octanol–water partition coefficient (Wildman–Crippen LogP) is 0.976. The zero-order chi connectivity index (χ0) is 15.5. The molecular formula is C11H16O8S. The SMILES string of the molecule is COc1c(OC)c(OC)c(S(=O)(=O)O)c(OC)c1OC. The highest BCUT2D eigenvalue weighted by atomic mass is 32.2. The summed E-state index contributed by atoms with van der Waals surface area (Å²) in [5, 5.41) is 0. The van der Waals surface area contributed by atoms with Gasteiger partial charge in [0.25, 0.3) is 0 Å². The number of rotatable bonds is 6. The molecule has 1 N–H and O–H groups in total. The fraction of sp³-hybridized carbons (Fsp3) is 0.455. The van der Waals surface area contributed by atoms with Crippen LogP contribution in [0.5, 0.6) is 28.7 Å². The lowest BCUT2D eigenvalue weighted by Gasteiger charge is -2.20. The van der Waals surface area contributed by atoms with Crippen LogP contribution in [-0.4, -0.2) is 48.5 Å². The molecule has 0 unspecified atom stereocenters. The third-order valence-corrected chi connectivity index (χ3v) is 3.40. The van der Waals surface area contributed by atoms with Crippen molar-refractivity contribution in [3.8, 4) is 28.7 Å². The number of hydrogen-bond acceptors (Lipinski definition) is 7. The number of benzene rings is 1. The highest BCUT2D eigenvalue weighted by molar-refractivity contribution is 7.86. The molecule has 9 heteroatoms. The highest BCUT2D eigenvalue weighted by Gasteiger charge is 2.34. The molecule has 0 aliphatic carbocycles. The summed E-state index contributed by atoms with van der Waals surface area (Å²) in [5.41, 5.74) is 0. The largest absolute Gasteiger partial charge is 0.491 e. The van der Waals surface area contributed by atoms with Gasteiger partial charge >= 0.3 is 10.1 Å². The van der Waals surface area contributed by atoms with Crippen LogP contribution in [0.25, 0.3) is 0 Å². The van der Waals surface area contributed by atoms with Crippen LogP contribution in [-0.2, 0) is 10.1 Å². The number of hydrogen-bond donors (Lipinski definition) is 1. The Balaban J connectivity index is 4.01. The molecule has 0 fully saturated rings. The van der Waals surface area contributed by atoms with Crippen molar-refractivity contribution in [3.63, 3.8) is 0 Å². The van der Waals surface area contributed by atoms with Gasteiger partial charge in [-0.15, -0.1) is 0 Å². The molecule has 0 aliphatic rings. The van der Waals surface area contributed by atoms with Gasteiger partial charge in [-0.05, 0) is 0 Å². The van der Waals surface area contributed by atoms with Gasteiger partial charge in [-0.3, -0.25) is 4.55 Å². The van der Waals surface area contributed by atoms with Gasteiger partial charge in [0.05, 0.1) is 35.5 Å². The van der Waals surface area contributed by atoms with Crippen molar-refractivity contribution < 1.29 is 36.7 Å². The van der Waals surface area contributed by atoms with E-state index in [4.69, 9.17) is 23.7 Å². The Kier molecular flexibility index (Phi) is 4.90. The van der Waals surface area contributed by atoms with E-state index in [1.807, 2.05) is 0 Å². The molecule has 0 saturated carbocycles. The highest BCUT2D eigenvalue weighted by Crippen LogP contribution is 2.54. The first kappa shape index (κ1) is 16.2. The molecule has 0 bridgehead atoms. The van der Waals surface area contributed by atoms with Crippen molar-refractivity contribution in [2.75, 3.05) is 35.5 Å². The Morgan fingerprint density at radius 3 is 1.10 bits per heavy atom. The Morgan fingerprint density at radius 2 is 0.900 bits per heavy atom. The van der Waals surface area contributed by atoms with Crippen LogP contribution in [0.4, 0.5) is 0 Å². The average molecular weight is 308 g/mol. The molecule has 0 saturated heterocycles. The molecule has 0 spiro atoms. The second-order valence-corrected chi connectivity index (χ2v) is 4.83. The van der Waals surface area contributed by atoms with Crippen molar-refractivity contribution in [2.45, 2.75) is 4.90 Å². The summed E-state index contributed by atoms with van der Waals surface area (Å²) in [6.45, 7) is 0. The maximum Gasteiger partial charge on any atom is 0.302 e. The summed E-state index contributed by atoms with van der Waals surface area (Å²) in [7, 11) is 1.72. The van der Waals surface area contributed by atoms with Gasteiger partial charge < -0.3 is 23.7 Å². The maximum atomic E-state index is 11.6. The van der Waals surface area contributed by atoms with Gasteiger partial charge in [-0.1, -0.05) is 0 Å². The molecule has 1 rings (SSSR count). The summed E-state index contributed by atoms with van der Waals surface area (Å²) in [6, 6.07) is 0. The van der Waals surface area contributed by atoms with Crippen LogP contribution in [0.15, 0.2) is 4.90 Å². The smallest absolute Gasteiger partial charge is 0.302 e. The maximum absolute atomic E-state index is 11.6. The van der Waals surface area contributed by atoms with Crippen LogP contribution in [0.1, 0.15) is 0 Å². The molecule has 1 aromatic rings. The molecule has 0 atom stereocenters. The molecule has 0 amide bonds. The van der Waals surface area contributed by atoms with Crippen LogP contribution in [0.3, 0.4) is 0 Å². The van der Waals surface area contributed by atoms with E-state index in [0.717, 1.165) is 0 Å². The molecule has 0 radical (unpaired) electrons. The summed E-state index contributed by atoms with van der Waals surface area (Å²) in [6.07, 6.45) is 0. The van der Waals surface area contributed by atoms with E-state index in [2.05, 4.69) is 0 Å². The summed E-state index contributed by atoms with van der Waals surface area (Å²) < 4.78 is 57.8. The second-order valence-electron chi connectivity index (χ2n) is 3.47. The van der Waals surface area contributed by atoms with Crippen molar-refractivity contribution in [3.05, 3.63) is 0 Å². The Hall–Kier alpha value is -1.87. The van der Waals surface area contributed by atoms with E-state index in [-0.39, 0.29) is 28.7 Å². The Labute approximate surface area is 116 Å². The zero-order valence-electron chi connectivity index (χ0n) is 11.7. The lowest BCUT2D eigenvalue weighted by atomic mass is 10.2. The van der Waals surface area contributed by atoms with Crippen LogP contribution in [0.2, 0.25) is 0 Å². The molecule has 0 heterocycles. The van der Waals surface area contributed by atoms with Gasteiger partial charge in [-0.2, -0.15) is 8.42 Å². The summed E-state index contributed by atoms with van der Waals surface area (Å²) >= 11 is 0. The van der Waals surface area contributed by atoms with Crippen molar-refractivity contribution in [2.24, 2.45) is 0 Å². The van der Waals surface area contributed by atoms with E-state index >= 15 is 0 Å². The quantitative estimate of drug-likeness (QED) is 0.776. The molecule has 0 aliphatic heterocycles. The molecule has 114 valence electrons. The molecule has 0 aromatic heterocycles. The predicted molar refractivity (Wildman–Crippen MR) is 69.0 cm³/mol. The topological polar surface area (TPSA) is 101 Å². The van der Waals surface area contributed by atoms with Crippen molar-refractivity contribution in [1.82, 2.24) is 0 Å². The van der Waals surface area contributed by atoms with Crippen molar-refractivity contribution >= 4 is 10.1 Å². The standard InChI is InChI=1S/C11H16O8S/c1-15-6-7(16-2)9(18-4)11(20(12,13)14)10(19-5)8(6)17-3/h1-5H3,(H,12,13,14). The first-order valence-corrected chi connectivity index (χ1v) is 6.72. The van der Waals surface area contributed by atoms with Gasteiger partial charge in [0, 0.05) is 0 Å². The summed E-state index contributed by atoms with van der Waals surface area (Å²) in [4.78, 5) is -0.600. The monoisotopic (exact) mass is 308 g/mol. The van der Waals surface area contributed by atoms with Gasteiger partial charge in [0.15, 0.2) is 16.4 Å². The minimum Gasteiger partial charge on any atom is -0.491 e. The van der Waals surface area contributed by atoms with Crippen LogP contribution >= 0.6 is 0 Å². The van der Waals surface area contributed by atoms with Crippen LogP contribution < -0.4 is 23.7 Å². The third kappa shape index (κ3) is 2.54. The Bertz CT molecular complexity index is 560. The molecular weight excluding hydrogens is 292 g/mol. The minimum absolute atomic E-state index is 0.0414. The minimum atomic E-state index is -4.64. The summed E-state index contributed by atoms with van der Waals surface area (Å²) in [5.74, 6) is -0.495. The molecule has 8 nitrogen and oxygen atoms in total. The molecule has 20 heavy (non-hydrogen) atoms. The third-order valence-electron chi connectivity index (χ3n) is 2.52. The molecule has 1 aromatic carbocycles. The Morgan fingerprint density at radius 1 is 0.650 bits per heavy atom. The van der Waals surface area contributed by atoms with E-state index in [9.17, 15) is 13.0 Å². The van der Waals surface area contributed by atoms with Gasteiger partial charge in [-0.25, -0.2) is 0 Å². The fourth-order valence-electron chi connectivity index (χ4n) is 1.78. The fourth-order valence-corrected chi connectivity index (χ4v) is 2.60. The zero-order valence-corrected chi connectivity index (χ0v) is 12.5. The second kappa shape index (κ2) is 6.06. The first-order chi connectivity index (χ1) is 9.37. The van der Waals surface area contributed by atoms with E-state index in [1.165, 1.54) is 35.5 Å². The number of methoxy groups -OCH3 is 5. The lowest BCUT2D eigenvalue weighted by molar-refractivity contribution is 0.280. The number of ether oxygens (including phenoxy) is 5. The lowest BCUT2D eigenvalue weighted by Crippen LogP contribution is -2.09. The van der Waals surface area contributed by atoms with Gasteiger partial charge in [0.2, 0.25) is 17.2 Å². The van der Waals surface area contributed by atoms with Crippen LogP contribution in [0, 0.1) is 0 Å². The first-order valence-electron chi connectivity index (χ1n) is 5.28. The normalized spacial score (nSPS) is 10.9. The van der Waals surface area contributed by atoms with E-state index < -0.39 is 15.0 Å². The van der Waals surface area contributed by atoms with E-state index in [0.29, 0.717) is 0 Å². The van der Waals surface area contributed by atoms with Crippen molar-refractivity contribution in [1.29, 1.82) is 0 Å². The van der Waals surface area contributed by atoms with E-state index in [1.54, 1.807) is 0 Å². The van der Waals surface area contributed by atoms with Gasteiger partial charge in [0.1, 0.15) is 0 Å².